The summed E-state index contributed by atoms with van der Waals surface area (Å²) in [5.74, 6) is 1.19. The van der Waals surface area contributed by atoms with Crippen molar-refractivity contribution in [3.8, 4) is 11.5 Å². The van der Waals surface area contributed by atoms with E-state index >= 15 is 0 Å². The minimum absolute atomic E-state index is 0.0840. The summed E-state index contributed by atoms with van der Waals surface area (Å²) < 4.78 is 15.9. The lowest BCUT2D eigenvalue weighted by atomic mass is 10.1. The molecule has 1 heterocycles. The third-order valence-corrected chi connectivity index (χ3v) is 4.14. The van der Waals surface area contributed by atoms with Crippen molar-refractivity contribution in [3.63, 3.8) is 0 Å². The maximum Gasteiger partial charge on any atom is 0.338 e. The Hall–Kier alpha value is -3.06. The molecule has 1 aromatic heterocycles. The Balaban J connectivity index is 1.99. The van der Waals surface area contributed by atoms with E-state index in [0.29, 0.717) is 46.1 Å². The highest BCUT2D eigenvalue weighted by Crippen LogP contribution is 2.35. The van der Waals surface area contributed by atoms with Gasteiger partial charge in [-0.1, -0.05) is 13.0 Å². The van der Waals surface area contributed by atoms with Crippen LogP contribution in [0.25, 0.3) is 10.9 Å². The van der Waals surface area contributed by atoms with Crippen molar-refractivity contribution in [2.45, 2.75) is 13.3 Å². The maximum absolute atomic E-state index is 12.1. The monoisotopic (exact) mass is 401 g/mol. The number of esters is 1. The largest absolute Gasteiger partial charge is 0.493 e. The standard InChI is InChI=1S/C20H20ClN3O4/c1-4-8-28-19(25)12-6-5-7-13(9-12)22-18-14-10-16(26-2)17(27-3)11-15(14)23-20(21)24-18/h5-7,9-11H,4,8H2,1-3H3,(H,22,23,24). The molecule has 0 aliphatic carbocycles. The first-order valence-corrected chi connectivity index (χ1v) is 9.07. The van der Waals surface area contributed by atoms with E-state index in [2.05, 4.69) is 15.3 Å². The quantitative estimate of drug-likeness (QED) is 0.457. The van der Waals surface area contributed by atoms with Crippen LogP contribution in [-0.2, 0) is 4.74 Å². The Labute approximate surface area is 167 Å². The molecule has 1 N–H and O–H groups in total. The van der Waals surface area contributed by atoms with Crippen molar-refractivity contribution in [1.29, 1.82) is 0 Å². The van der Waals surface area contributed by atoms with Crippen LogP contribution in [0.1, 0.15) is 23.7 Å². The number of nitrogens with zero attached hydrogens (tertiary/aromatic N) is 2. The van der Waals surface area contributed by atoms with Gasteiger partial charge in [-0.25, -0.2) is 9.78 Å². The molecule has 0 amide bonds. The molecule has 2 aromatic carbocycles. The number of methoxy groups -OCH3 is 2. The second-order valence-electron chi connectivity index (χ2n) is 5.91. The van der Waals surface area contributed by atoms with Crippen molar-refractivity contribution in [3.05, 3.63) is 47.2 Å². The smallest absolute Gasteiger partial charge is 0.338 e. The molecule has 0 unspecified atom stereocenters. The van der Waals surface area contributed by atoms with Gasteiger partial charge < -0.3 is 19.5 Å². The second kappa shape index (κ2) is 8.75. The van der Waals surface area contributed by atoms with E-state index in [4.69, 9.17) is 25.8 Å². The third-order valence-electron chi connectivity index (χ3n) is 3.97. The van der Waals surface area contributed by atoms with Gasteiger partial charge in [0.15, 0.2) is 11.5 Å². The van der Waals surface area contributed by atoms with E-state index in [-0.39, 0.29) is 11.3 Å². The average Bonchev–Trinajstić information content (AvgIpc) is 2.71. The number of benzene rings is 2. The number of aromatic nitrogens is 2. The first-order valence-electron chi connectivity index (χ1n) is 8.69. The Morgan fingerprint density at radius 3 is 2.57 bits per heavy atom. The summed E-state index contributed by atoms with van der Waals surface area (Å²) in [6.45, 7) is 2.32. The van der Waals surface area contributed by atoms with Crippen LogP contribution in [0.5, 0.6) is 11.5 Å². The Morgan fingerprint density at radius 1 is 1.11 bits per heavy atom. The van der Waals surface area contributed by atoms with Gasteiger partial charge in [-0.05, 0) is 42.3 Å². The van der Waals surface area contributed by atoms with Crippen LogP contribution in [0.3, 0.4) is 0 Å². The molecule has 0 aliphatic heterocycles. The number of nitrogens with one attached hydrogen (secondary N) is 1. The van der Waals surface area contributed by atoms with Crippen molar-refractivity contribution in [2.24, 2.45) is 0 Å². The molecule has 0 spiro atoms. The van der Waals surface area contributed by atoms with E-state index < -0.39 is 0 Å². The normalized spacial score (nSPS) is 10.6. The van der Waals surface area contributed by atoms with E-state index in [0.717, 1.165) is 6.42 Å². The van der Waals surface area contributed by atoms with Gasteiger partial charge in [0.25, 0.3) is 0 Å². The van der Waals surface area contributed by atoms with Gasteiger partial charge in [0.2, 0.25) is 5.28 Å². The molecule has 146 valence electrons. The number of carbonyl (C=O) groups is 1. The minimum atomic E-state index is -0.373. The lowest BCUT2D eigenvalue weighted by molar-refractivity contribution is 0.0505. The third kappa shape index (κ3) is 4.26. The zero-order chi connectivity index (χ0) is 20.1. The molecular weight excluding hydrogens is 382 g/mol. The fourth-order valence-corrected chi connectivity index (χ4v) is 2.84. The molecule has 0 aliphatic rings. The number of hydrogen-bond donors (Lipinski definition) is 1. The van der Waals surface area contributed by atoms with Crippen LogP contribution in [-0.4, -0.2) is 36.8 Å². The molecule has 0 fully saturated rings. The van der Waals surface area contributed by atoms with Crippen molar-refractivity contribution in [2.75, 3.05) is 26.1 Å². The fraction of sp³-hybridized carbons (Fsp3) is 0.250. The number of rotatable bonds is 7. The first kappa shape index (κ1) is 19.7. The van der Waals surface area contributed by atoms with Crippen LogP contribution < -0.4 is 14.8 Å². The highest BCUT2D eigenvalue weighted by atomic mass is 35.5. The molecule has 0 saturated carbocycles. The molecule has 28 heavy (non-hydrogen) atoms. The van der Waals surface area contributed by atoms with Crippen LogP contribution in [0, 0.1) is 0 Å². The summed E-state index contributed by atoms with van der Waals surface area (Å²) in [7, 11) is 3.10. The van der Waals surface area contributed by atoms with E-state index in [1.807, 2.05) is 13.0 Å². The zero-order valence-electron chi connectivity index (χ0n) is 15.8. The highest BCUT2D eigenvalue weighted by molar-refractivity contribution is 6.28. The summed E-state index contributed by atoms with van der Waals surface area (Å²) in [5, 5.41) is 3.97. The Bertz CT molecular complexity index is 1010. The summed E-state index contributed by atoms with van der Waals surface area (Å²) in [6.07, 6.45) is 0.764. The van der Waals surface area contributed by atoms with Crippen LogP contribution >= 0.6 is 11.6 Å². The average molecular weight is 402 g/mol. The highest BCUT2D eigenvalue weighted by Gasteiger charge is 2.14. The van der Waals surface area contributed by atoms with Crippen LogP contribution in [0.15, 0.2) is 36.4 Å². The number of ether oxygens (including phenoxy) is 3. The summed E-state index contributed by atoms with van der Waals surface area (Å²) in [6, 6.07) is 10.5. The molecule has 0 saturated heterocycles. The molecule has 0 atom stereocenters. The van der Waals surface area contributed by atoms with Gasteiger partial charge in [-0.15, -0.1) is 0 Å². The zero-order valence-corrected chi connectivity index (χ0v) is 16.5. The predicted molar refractivity (Wildman–Crippen MR) is 108 cm³/mol. The van der Waals surface area contributed by atoms with Crippen LogP contribution in [0.2, 0.25) is 5.28 Å². The van der Waals surface area contributed by atoms with Gasteiger partial charge in [0.1, 0.15) is 5.82 Å². The molecule has 8 heteroatoms. The molecule has 3 aromatic rings. The number of carbonyl (C=O) groups excluding carboxylic acids is 1. The first-order chi connectivity index (χ1) is 13.5. The Kier molecular flexibility index (Phi) is 6.16. The summed E-state index contributed by atoms with van der Waals surface area (Å²) in [4.78, 5) is 20.6. The number of hydrogen-bond acceptors (Lipinski definition) is 7. The number of fused-ring (bicyclic) bond motifs is 1. The van der Waals surface area contributed by atoms with Gasteiger partial charge in [0.05, 0.1) is 31.9 Å². The minimum Gasteiger partial charge on any atom is -0.493 e. The van der Waals surface area contributed by atoms with Crippen LogP contribution in [0.4, 0.5) is 11.5 Å². The lowest BCUT2D eigenvalue weighted by Crippen LogP contribution is -2.06. The van der Waals surface area contributed by atoms with Gasteiger partial charge >= 0.3 is 5.97 Å². The van der Waals surface area contributed by atoms with Gasteiger partial charge in [-0.3, -0.25) is 0 Å². The topological polar surface area (TPSA) is 82.6 Å². The predicted octanol–water partition coefficient (Wildman–Crippen LogP) is 4.61. The molecular formula is C20H20ClN3O4. The summed E-state index contributed by atoms with van der Waals surface area (Å²) >= 11 is 6.09. The maximum atomic E-state index is 12.1. The molecule has 0 radical (unpaired) electrons. The van der Waals surface area contributed by atoms with Crippen molar-refractivity contribution < 1.29 is 19.0 Å². The van der Waals surface area contributed by atoms with Gasteiger partial charge in [0, 0.05) is 17.1 Å². The van der Waals surface area contributed by atoms with Gasteiger partial charge in [-0.2, -0.15) is 4.98 Å². The Morgan fingerprint density at radius 2 is 1.86 bits per heavy atom. The molecule has 7 nitrogen and oxygen atoms in total. The second-order valence-corrected chi connectivity index (χ2v) is 6.25. The number of anilines is 2. The SMILES string of the molecule is CCCOC(=O)c1cccc(Nc2nc(Cl)nc3cc(OC)c(OC)cc23)c1. The summed E-state index contributed by atoms with van der Waals surface area (Å²) in [5.41, 5.74) is 1.71. The van der Waals surface area contributed by atoms with E-state index in [1.165, 1.54) is 0 Å². The van der Waals surface area contributed by atoms with E-state index in [1.54, 1.807) is 44.6 Å². The van der Waals surface area contributed by atoms with Crippen molar-refractivity contribution in [1.82, 2.24) is 9.97 Å². The fourth-order valence-electron chi connectivity index (χ4n) is 2.66. The molecule has 0 bridgehead atoms. The van der Waals surface area contributed by atoms with E-state index in [9.17, 15) is 4.79 Å². The lowest BCUT2D eigenvalue weighted by Gasteiger charge is -2.13. The van der Waals surface area contributed by atoms with Crippen molar-refractivity contribution >= 4 is 40.0 Å². The number of halogens is 1. The molecule has 3 rings (SSSR count).